The van der Waals surface area contributed by atoms with Crippen molar-refractivity contribution in [3.63, 3.8) is 0 Å². The first-order chi connectivity index (χ1) is 31.7. The summed E-state index contributed by atoms with van der Waals surface area (Å²) in [7, 11) is 0. The normalized spacial score (nSPS) is 15.0. The molecule has 65 heavy (non-hydrogen) atoms. The van der Waals surface area contributed by atoms with Gasteiger partial charge in [-0.3, -0.25) is 0 Å². The minimum absolute atomic E-state index is 0.0567. The molecule has 9 aromatic carbocycles. The van der Waals surface area contributed by atoms with Crippen molar-refractivity contribution < 1.29 is 0 Å². The Hall–Kier alpha value is -7.56. The van der Waals surface area contributed by atoms with Crippen LogP contribution in [0.2, 0.25) is 0 Å². The number of aryl methyl sites for hydroxylation is 1. The van der Waals surface area contributed by atoms with E-state index in [2.05, 4.69) is 237 Å². The maximum Gasteiger partial charge on any atom is 0.333 e. The molecule has 4 heteroatoms. The van der Waals surface area contributed by atoms with Crippen LogP contribution in [0.1, 0.15) is 55.5 Å². The number of aromatic nitrogens is 1. The average molecular weight is 832 g/mol. The van der Waals surface area contributed by atoms with Gasteiger partial charge in [-0.2, -0.15) is 0 Å². The Morgan fingerprint density at radius 1 is 0.462 bits per heavy atom. The lowest BCUT2D eigenvalue weighted by atomic mass is 9.43. The Balaban J connectivity index is 1.15. The monoisotopic (exact) mass is 831 g/mol. The van der Waals surface area contributed by atoms with Crippen molar-refractivity contribution in [1.82, 2.24) is 4.57 Å². The van der Waals surface area contributed by atoms with Crippen molar-refractivity contribution >= 4 is 68.0 Å². The van der Waals surface area contributed by atoms with Gasteiger partial charge in [0.2, 0.25) is 0 Å². The van der Waals surface area contributed by atoms with Gasteiger partial charge >= 0.3 is 6.85 Å². The summed E-state index contributed by atoms with van der Waals surface area (Å²) in [6.45, 7) is 11.8. The molecule has 14 rings (SSSR count). The molecule has 0 fully saturated rings. The fraction of sp³-hybridized carbons (Fsp3) is 0.115. The largest absolute Gasteiger partial charge is 0.376 e. The highest BCUT2D eigenvalue weighted by molar-refractivity contribution is 6.94. The summed E-state index contributed by atoms with van der Waals surface area (Å²) >= 11 is 0. The van der Waals surface area contributed by atoms with Crippen LogP contribution in [-0.4, -0.2) is 11.4 Å². The summed E-state index contributed by atoms with van der Waals surface area (Å²) in [6, 6.07) is 71.2. The minimum Gasteiger partial charge on any atom is -0.376 e. The molecule has 3 nitrogen and oxygen atoms in total. The molecule has 0 saturated carbocycles. The van der Waals surface area contributed by atoms with E-state index in [1.165, 1.54) is 111 Å². The lowest BCUT2D eigenvalue weighted by Gasteiger charge is -2.45. The molecule has 0 amide bonds. The molecule has 308 valence electrons. The van der Waals surface area contributed by atoms with Crippen molar-refractivity contribution in [1.29, 1.82) is 0 Å². The molecule has 0 N–H and O–H groups in total. The molecular formula is C61H46BN3. The number of hydrogen-bond acceptors (Lipinski definition) is 2. The molecule has 0 saturated heterocycles. The summed E-state index contributed by atoms with van der Waals surface area (Å²) in [6.07, 6.45) is 0. The van der Waals surface area contributed by atoms with E-state index < -0.39 is 0 Å². The Morgan fingerprint density at radius 3 is 1.89 bits per heavy atom. The lowest BCUT2D eigenvalue weighted by Crippen LogP contribution is -2.61. The number of nitrogens with zero attached hydrogens (tertiary/aromatic N) is 3. The molecule has 10 aromatic rings. The minimum atomic E-state index is -0.201. The molecule has 0 bridgehead atoms. The second-order valence-electron chi connectivity index (χ2n) is 19.8. The predicted molar refractivity (Wildman–Crippen MR) is 274 cm³/mol. The van der Waals surface area contributed by atoms with Crippen LogP contribution in [0.3, 0.4) is 0 Å². The summed E-state index contributed by atoms with van der Waals surface area (Å²) in [4.78, 5) is 5.06. The SMILES string of the molecule is Cc1ccc(N2B3c4cccc5c4-n4c6c(cccc6c6c(-c7ccc8c(c7)-c7ccccc7C8(C)C)cc(c3c64)-c3cc(N(c4ccccc4)c4ccccc4)ccc32)C5(C)C)cc1. The van der Waals surface area contributed by atoms with Crippen LogP contribution in [0.15, 0.2) is 188 Å². The van der Waals surface area contributed by atoms with Gasteiger partial charge in [-0.15, -0.1) is 0 Å². The molecule has 0 atom stereocenters. The standard InChI is InChI=1S/C61H46BN3/c1-37-26-29-41(30-27-37)65-54-33-31-42(63(39-16-8-6-9-17-39)40-18-10-7-11-19-40)35-47(54)48-36-45(38-28-32-50-46(34-38)43-20-12-13-22-49(43)60(50,2)3)55-44-21-14-23-51-57(44)64-58-52(61(51,4)5)24-15-25-53(58)62(65)56(48)59(55)64/h6-36H,1-5H3. The first-order valence-electron chi connectivity index (χ1n) is 23.1. The van der Waals surface area contributed by atoms with Gasteiger partial charge in [0.15, 0.2) is 0 Å². The molecule has 0 spiro atoms. The van der Waals surface area contributed by atoms with Gasteiger partial charge < -0.3 is 14.3 Å². The molecule has 1 aliphatic carbocycles. The Morgan fingerprint density at radius 2 is 1.12 bits per heavy atom. The van der Waals surface area contributed by atoms with Crippen molar-refractivity contribution in [2.45, 2.75) is 45.4 Å². The number of anilines is 5. The van der Waals surface area contributed by atoms with Gasteiger partial charge in [0.05, 0.1) is 11.0 Å². The summed E-state index contributed by atoms with van der Waals surface area (Å²) < 4.78 is 2.70. The summed E-state index contributed by atoms with van der Waals surface area (Å²) in [5, 5.41) is 2.67. The van der Waals surface area contributed by atoms with Crippen LogP contribution < -0.4 is 20.6 Å². The van der Waals surface area contributed by atoms with Crippen LogP contribution in [-0.2, 0) is 10.8 Å². The summed E-state index contributed by atoms with van der Waals surface area (Å²) in [5.41, 5.74) is 26.8. The highest BCUT2D eigenvalue weighted by Crippen LogP contribution is 2.55. The highest BCUT2D eigenvalue weighted by atomic mass is 15.1. The molecule has 4 heterocycles. The Bertz CT molecular complexity index is 3630. The quantitative estimate of drug-likeness (QED) is 0.160. The van der Waals surface area contributed by atoms with E-state index in [1.54, 1.807) is 0 Å². The van der Waals surface area contributed by atoms with Crippen molar-refractivity contribution in [2.24, 2.45) is 0 Å². The predicted octanol–water partition coefficient (Wildman–Crippen LogP) is 14.4. The Kier molecular flexibility index (Phi) is 7.26. The summed E-state index contributed by atoms with van der Waals surface area (Å²) in [5.74, 6) is 0. The molecule has 4 aliphatic rings. The smallest absolute Gasteiger partial charge is 0.333 e. The van der Waals surface area contributed by atoms with Gasteiger partial charge in [-0.25, -0.2) is 0 Å². The average Bonchev–Trinajstić information content (AvgIpc) is 3.80. The number of fused-ring (bicyclic) bond motifs is 7. The fourth-order valence-electron chi connectivity index (χ4n) is 12.6. The second-order valence-corrected chi connectivity index (χ2v) is 19.8. The lowest BCUT2D eigenvalue weighted by molar-refractivity contribution is 0.631. The number of para-hydroxylation sites is 4. The third-order valence-corrected chi connectivity index (χ3v) is 15.6. The van der Waals surface area contributed by atoms with Crippen LogP contribution in [0.5, 0.6) is 0 Å². The maximum absolute atomic E-state index is 2.70. The van der Waals surface area contributed by atoms with Crippen molar-refractivity contribution in [3.8, 4) is 39.1 Å². The van der Waals surface area contributed by atoms with Crippen LogP contribution in [0, 0.1) is 6.92 Å². The van der Waals surface area contributed by atoms with Gasteiger partial charge in [-0.1, -0.05) is 155 Å². The third kappa shape index (κ3) is 4.76. The Labute approximate surface area is 381 Å². The molecule has 0 radical (unpaired) electrons. The first-order valence-corrected chi connectivity index (χ1v) is 23.1. The first kappa shape index (κ1) is 36.9. The number of benzene rings is 9. The van der Waals surface area contributed by atoms with E-state index >= 15 is 0 Å². The molecule has 3 aliphatic heterocycles. The second kappa shape index (κ2) is 12.8. The maximum atomic E-state index is 2.70. The van der Waals surface area contributed by atoms with Gasteiger partial charge in [0.25, 0.3) is 0 Å². The van der Waals surface area contributed by atoms with E-state index in [-0.39, 0.29) is 17.7 Å². The third-order valence-electron chi connectivity index (χ3n) is 15.6. The van der Waals surface area contributed by atoms with E-state index in [0.29, 0.717) is 0 Å². The number of rotatable bonds is 5. The van der Waals surface area contributed by atoms with Crippen LogP contribution in [0.4, 0.5) is 28.4 Å². The van der Waals surface area contributed by atoms with E-state index in [0.717, 1.165) is 17.1 Å². The van der Waals surface area contributed by atoms with Gasteiger partial charge in [0.1, 0.15) is 0 Å². The van der Waals surface area contributed by atoms with Crippen molar-refractivity contribution in [3.05, 3.63) is 216 Å². The zero-order chi connectivity index (χ0) is 43.5. The van der Waals surface area contributed by atoms with Crippen molar-refractivity contribution in [2.75, 3.05) is 9.71 Å². The zero-order valence-corrected chi connectivity index (χ0v) is 37.3. The van der Waals surface area contributed by atoms with Crippen LogP contribution >= 0.6 is 0 Å². The number of hydrogen-bond donors (Lipinski definition) is 0. The molecule has 0 unspecified atom stereocenters. The topological polar surface area (TPSA) is 11.4 Å². The van der Waals surface area contributed by atoms with E-state index in [9.17, 15) is 0 Å². The van der Waals surface area contributed by atoms with Gasteiger partial charge in [0, 0.05) is 61.3 Å². The van der Waals surface area contributed by atoms with Crippen LogP contribution in [0.25, 0.3) is 60.9 Å². The zero-order valence-electron chi connectivity index (χ0n) is 37.3. The van der Waals surface area contributed by atoms with E-state index in [1.807, 2.05) is 0 Å². The van der Waals surface area contributed by atoms with Gasteiger partial charge in [-0.05, 0) is 135 Å². The van der Waals surface area contributed by atoms with E-state index in [4.69, 9.17) is 0 Å². The molecular weight excluding hydrogens is 786 g/mol. The fourth-order valence-corrected chi connectivity index (χ4v) is 12.6. The molecule has 1 aromatic heterocycles. The highest BCUT2D eigenvalue weighted by Gasteiger charge is 2.48.